The molecule has 1 aromatic carbocycles. The van der Waals surface area contributed by atoms with E-state index in [0.717, 1.165) is 37.0 Å². The Morgan fingerprint density at radius 3 is 3.10 bits per heavy atom. The monoisotopic (exact) mass is 398 g/mol. The van der Waals surface area contributed by atoms with Gasteiger partial charge in [0.15, 0.2) is 5.69 Å². The van der Waals surface area contributed by atoms with Gasteiger partial charge in [-0.2, -0.15) is 5.10 Å². The van der Waals surface area contributed by atoms with Crippen molar-refractivity contribution < 1.29 is 18.4 Å². The standard InChI is InChI=1S/C21H23FN4O3/c1-3-13-4-6-19-17(8-13)20(25-29-19)21(27)24-16-10-23-26(12-16)11-14-9-15(22)5-7-18(14)28-2/h5,7,9-10,12-13H,3-4,6,8,11H2,1-2H3,(H,24,27). The Morgan fingerprint density at radius 1 is 1.45 bits per heavy atom. The molecule has 0 radical (unpaired) electrons. The highest BCUT2D eigenvalue weighted by Crippen LogP contribution is 2.30. The fourth-order valence-corrected chi connectivity index (χ4v) is 3.75. The average molecular weight is 398 g/mol. The third-order valence-electron chi connectivity index (χ3n) is 5.40. The SMILES string of the molecule is CCC1CCc2onc(C(=O)Nc3cnn(Cc4cc(F)ccc4OC)c3)c2C1. The van der Waals surface area contributed by atoms with Crippen molar-refractivity contribution in [3.63, 3.8) is 0 Å². The van der Waals surface area contributed by atoms with Crippen LogP contribution in [-0.4, -0.2) is 28.0 Å². The maximum absolute atomic E-state index is 13.6. The molecule has 0 aliphatic heterocycles. The van der Waals surface area contributed by atoms with Gasteiger partial charge in [0.05, 0.1) is 25.5 Å². The minimum Gasteiger partial charge on any atom is -0.496 e. The number of ether oxygens (including phenoxy) is 1. The summed E-state index contributed by atoms with van der Waals surface area (Å²) in [6.07, 6.45) is 7.00. The fraction of sp³-hybridized carbons (Fsp3) is 0.381. The van der Waals surface area contributed by atoms with Crippen molar-refractivity contribution in [3.8, 4) is 5.75 Å². The molecule has 0 saturated carbocycles. The lowest BCUT2D eigenvalue weighted by molar-refractivity contribution is 0.101. The quantitative estimate of drug-likeness (QED) is 0.682. The predicted molar refractivity (Wildman–Crippen MR) is 105 cm³/mol. The number of aryl methyl sites for hydroxylation is 1. The van der Waals surface area contributed by atoms with Gasteiger partial charge in [-0.3, -0.25) is 9.48 Å². The van der Waals surface area contributed by atoms with E-state index >= 15 is 0 Å². The van der Waals surface area contributed by atoms with Crippen LogP contribution in [0.25, 0.3) is 0 Å². The third-order valence-corrected chi connectivity index (χ3v) is 5.40. The van der Waals surface area contributed by atoms with Crippen LogP contribution in [0.5, 0.6) is 5.75 Å². The molecule has 8 heteroatoms. The van der Waals surface area contributed by atoms with E-state index in [1.807, 2.05) is 0 Å². The smallest absolute Gasteiger partial charge is 0.278 e. The van der Waals surface area contributed by atoms with Gasteiger partial charge in [-0.05, 0) is 37.0 Å². The van der Waals surface area contributed by atoms with Crippen LogP contribution in [0.2, 0.25) is 0 Å². The topological polar surface area (TPSA) is 82.2 Å². The van der Waals surface area contributed by atoms with Crippen molar-refractivity contribution in [1.29, 1.82) is 0 Å². The number of halogens is 1. The second kappa shape index (κ2) is 8.06. The van der Waals surface area contributed by atoms with Crippen LogP contribution in [0.3, 0.4) is 0 Å². The zero-order valence-corrected chi connectivity index (χ0v) is 16.4. The molecule has 7 nitrogen and oxygen atoms in total. The van der Waals surface area contributed by atoms with Crippen molar-refractivity contribution in [2.24, 2.45) is 5.92 Å². The van der Waals surface area contributed by atoms with Gasteiger partial charge in [-0.1, -0.05) is 18.5 Å². The van der Waals surface area contributed by atoms with Crippen molar-refractivity contribution >= 4 is 11.6 Å². The molecule has 1 atom stereocenters. The van der Waals surface area contributed by atoms with E-state index in [9.17, 15) is 9.18 Å². The van der Waals surface area contributed by atoms with Gasteiger partial charge in [-0.25, -0.2) is 4.39 Å². The lowest BCUT2D eigenvalue weighted by atomic mass is 9.85. The summed E-state index contributed by atoms with van der Waals surface area (Å²) in [5, 5.41) is 11.1. The number of anilines is 1. The van der Waals surface area contributed by atoms with Crippen LogP contribution in [0.1, 0.15) is 47.1 Å². The number of hydrogen-bond donors (Lipinski definition) is 1. The Balaban J connectivity index is 1.47. The molecule has 3 aromatic rings. The number of nitrogens with zero attached hydrogens (tertiary/aromatic N) is 3. The molecule has 1 aliphatic rings. The first-order valence-electron chi connectivity index (χ1n) is 9.71. The Morgan fingerprint density at radius 2 is 2.31 bits per heavy atom. The molecule has 1 aliphatic carbocycles. The summed E-state index contributed by atoms with van der Waals surface area (Å²) < 4.78 is 25.8. The maximum atomic E-state index is 13.6. The van der Waals surface area contributed by atoms with E-state index in [1.54, 1.807) is 23.1 Å². The minimum atomic E-state index is -0.345. The summed E-state index contributed by atoms with van der Waals surface area (Å²) in [7, 11) is 1.53. The molecular weight excluding hydrogens is 375 g/mol. The molecule has 0 saturated heterocycles. The first-order chi connectivity index (χ1) is 14.1. The molecule has 1 N–H and O–H groups in total. The molecule has 0 bridgehead atoms. The third kappa shape index (κ3) is 4.01. The van der Waals surface area contributed by atoms with Crippen LogP contribution in [0.4, 0.5) is 10.1 Å². The van der Waals surface area contributed by atoms with Gasteiger partial charge in [0.2, 0.25) is 0 Å². The van der Waals surface area contributed by atoms with E-state index in [1.165, 1.54) is 19.2 Å². The lowest BCUT2D eigenvalue weighted by Crippen LogP contribution is -2.18. The summed E-state index contributed by atoms with van der Waals surface area (Å²) in [4.78, 5) is 12.7. The molecule has 1 amide bonds. The molecule has 152 valence electrons. The molecule has 0 fully saturated rings. The van der Waals surface area contributed by atoms with Gasteiger partial charge in [0.1, 0.15) is 17.3 Å². The van der Waals surface area contributed by atoms with E-state index in [0.29, 0.717) is 35.2 Å². The number of amides is 1. The normalized spacial score (nSPS) is 15.8. The molecule has 1 unspecified atom stereocenters. The molecular formula is C21H23FN4O3. The number of aromatic nitrogens is 3. The van der Waals surface area contributed by atoms with Gasteiger partial charge in [-0.15, -0.1) is 0 Å². The Hall–Kier alpha value is -3.16. The van der Waals surface area contributed by atoms with Crippen LogP contribution >= 0.6 is 0 Å². The summed E-state index contributed by atoms with van der Waals surface area (Å²) in [5.41, 5.74) is 2.45. The van der Waals surface area contributed by atoms with Crippen LogP contribution in [-0.2, 0) is 19.4 Å². The van der Waals surface area contributed by atoms with Gasteiger partial charge < -0.3 is 14.6 Å². The second-order valence-corrected chi connectivity index (χ2v) is 7.29. The molecule has 2 aromatic heterocycles. The van der Waals surface area contributed by atoms with Crippen molar-refractivity contribution in [2.75, 3.05) is 12.4 Å². The number of carbonyl (C=O) groups excluding carboxylic acids is 1. The van der Waals surface area contributed by atoms with E-state index in [4.69, 9.17) is 9.26 Å². The van der Waals surface area contributed by atoms with Gasteiger partial charge >= 0.3 is 0 Å². The molecule has 29 heavy (non-hydrogen) atoms. The average Bonchev–Trinajstić information content (AvgIpc) is 3.34. The van der Waals surface area contributed by atoms with E-state index in [2.05, 4.69) is 22.5 Å². The number of carbonyl (C=O) groups is 1. The van der Waals surface area contributed by atoms with Crippen molar-refractivity contribution in [3.05, 3.63) is 59.0 Å². The Kier molecular flexibility index (Phi) is 5.33. The number of rotatable bonds is 6. The van der Waals surface area contributed by atoms with Crippen LogP contribution < -0.4 is 10.1 Å². The van der Waals surface area contributed by atoms with Crippen LogP contribution in [0.15, 0.2) is 35.1 Å². The van der Waals surface area contributed by atoms with Crippen molar-refractivity contribution in [2.45, 2.75) is 39.2 Å². The number of methoxy groups -OCH3 is 1. The molecule has 0 spiro atoms. The number of hydrogen-bond acceptors (Lipinski definition) is 5. The first-order valence-corrected chi connectivity index (χ1v) is 9.71. The summed E-state index contributed by atoms with van der Waals surface area (Å²) in [5.74, 6) is 1.29. The Labute approximate surface area is 167 Å². The van der Waals surface area contributed by atoms with Gasteiger partial charge in [0.25, 0.3) is 5.91 Å². The fourth-order valence-electron chi connectivity index (χ4n) is 3.75. The highest BCUT2D eigenvalue weighted by molar-refractivity contribution is 6.03. The van der Waals surface area contributed by atoms with Gasteiger partial charge in [0, 0.05) is 23.7 Å². The highest BCUT2D eigenvalue weighted by atomic mass is 19.1. The highest BCUT2D eigenvalue weighted by Gasteiger charge is 2.28. The molecule has 4 rings (SSSR count). The minimum absolute atomic E-state index is 0.311. The van der Waals surface area contributed by atoms with Crippen molar-refractivity contribution in [1.82, 2.24) is 14.9 Å². The number of benzene rings is 1. The summed E-state index contributed by atoms with van der Waals surface area (Å²) >= 11 is 0. The first kappa shape index (κ1) is 19.2. The number of fused-ring (bicyclic) bond motifs is 1. The second-order valence-electron chi connectivity index (χ2n) is 7.29. The largest absolute Gasteiger partial charge is 0.496 e. The lowest BCUT2D eigenvalue weighted by Gasteiger charge is -2.19. The Bertz CT molecular complexity index is 1030. The predicted octanol–water partition coefficient (Wildman–Crippen LogP) is 3.83. The summed E-state index contributed by atoms with van der Waals surface area (Å²) in [6.45, 7) is 2.47. The van der Waals surface area contributed by atoms with E-state index < -0.39 is 0 Å². The number of nitrogens with one attached hydrogen (secondary N) is 1. The zero-order chi connectivity index (χ0) is 20.4. The zero-order valence-electron chi connectivity index (χ0n) is 16.4. The summed E-state index contributed by atoms with van der Waals surface area (Å²) in [6, 6.07) is 4.33. The maximum Gasteiger partial charge on any atom is 0.278 e. The molecule has 2 heterocycles. The van der Waals surface area contributed by atoms with E-state index in [-0.39, 0.29) is 11.7 Å². The van der Waals surface area contributed by atoms with Crippen LogP contribution in [0, 0.1) is 11.7 Å².